The monoisotopic (exact) mass is 253 g/mol. The molecule has 4 heteroatoms. The van der Waals surface area contributed by atoms with Gasteiger partial charge in [0.1, 0.15) is 0 Å². The largest absolute Gasteiger partial charge is 0.312 e. The van der Waals surface area contributed by atoms with E-state index < -0.39 is 9.84 Å². The zero-order valence-electron chi connectivity index (χ0n) is 10.4. The van der Waals surface area contributed by atoms with Crippen molar-refractivity contribution in [2.24, 2.45) is 0 Å². The lowest BCUT2D eigenvalue weighted by molar-refractivity contribution is 0.585. The third-order valence-corrected chi connectivity index (χ3v) is 5.47. The van der Waals surface area contributed by atoms with Crippen molar-refractivity contribution < 1.29 is 8.42 Å². The number of hydrogen-bond donors (Lipinski definition) is 1. The molecule has 1 N–H and O–H groups in total. The summed E-state index contributed by atoms with van der Waals surface area (Å²) in [4.78, 5) is 0. The molecule has 0 spiro atoms. The van der Waals surface area contributed by atoms with Crippen LogP contribution >= 0.6 is 0 Å². The molecule has 0 atom stereocenters. The second-order valence-corrected chi connectivity index (χ2v) is 7.39. The molecule has 0 saturated heterocycles. The Morgan fingerprint density at radius 2 is 2.12 bits per heavy atom. The van der Waals surface area contributed by atoms with E-state index in [1.165, 1.54) is 11.1 Å². The van der Waals surface area contributed by atoms with Crippen LogP contribution in [0.15, 0.2) is 18.2 Å². The fourth-order valence-corrected chi connectivity index (χ4v) is 3.14. The first-order valence-corrected chi connectivity index (χ1v) is 7.74. The third-order valence-electron chi connectivity index (χ3n) is 3.32. The van der Waals surface area contributed by atoms with Gasteiger partial charge in [-0.25, -0.2) is 8.42 Å². The van der Waals surface area contributed by atoms with Crippen molar-refractivity contribution in [2.75, 3.05) is 6.54 Å². The van der Waals surface area contributed by atoms with Crippen molar-refractivity contribution >= 4 is 9.84 Å². The van der Waals surface area contributed by atoms with Crippen LogP contribution in [0.2, 0.25) is 0 Å². The number of rotatable bonds is 3. The highest BCUT2D eigenvalue weighted by Gasteiger charge is 2.20. The zero-order chi connectivity index (χ0) is 12.5. The second-order valence-electron chi connectivity index (χ2n) is 4.84. The SMILES string of the molecule is CC(C)S(=O)(=O)Cc1cccc2c1CNCC2. The van der Waals surface area contributed by atoms with Gasteiger partial charge in [-0.2, -0.15) is 0 Å². The lowest BCUT2D eigenvalue weighted by Crippen LogP contribution is -2.26. The number of hydrogen-bond acceptors (Lipinski definition) is 3. The first-order valence-electron chi connectivity index (χ1n) is 6.02. The maximum Gasteiger partial charge on any atom is 0.156 e. The van der Waals surface area contributed by atoms with E-state index in [1.54, 1.807) is 13.8 Å². The van der Waals surface area contributed by atoms with Gasteiger partial charge in [-0.05, 0) is 43.5 Å². The standard InChI is InChI=1S/C13H19NO2S/c1-10(2)17(15,16)9-12-5-3-4-11-6-7-14-8-13(11)12/h3-5,10,14H,6-9H2,1-2H3. The van der Waals surface area contributed by atoms with Crippen molar-refractivity contribution in [3.05, 3.63) is 34.9 Å². The van der Waals surface area contributed by atoms with Crippen LogP contribution in [0.3, 0.4) is 0 Å². The van der Waals surface area contributed by atoms with Gasteiger partial charge < -0.3 is 5.32 Å². The number of benzene rings is 1. The lowest BCUT2D eigenvalue weighted by Gasteiger charge is -2.20. The summed E-state index contributed by atoms with van der Waals surface area (Å²) < 4.78 is 23.9. The molecule has 3 nitrogen and oxygen atoms in total. The smallest absolute Gasteiger partial charge is 0.156 e. The topological polar surface area (TPSA) is 46.2 Å². The Labute approximate surface area is 103 Å². The third kappa shape index (κ3) is 2.69. The summed E-state index contributed by atoms with van der Waals surface area (Å²) in [5.74, 6) is 0.162. The highest BCUT2D eigenvalue weighted by Crippen LogP contribution is 2.21. The molecular weight excluding hydrogens is 234 g/mol. The molecule has 1 aliphatic rings. The second kappa shape index (κ2) is 4.78. The number of nitrogens with one attached hydrogen (secondary N) is 1. The molecule has 0 aliphatic carbocycles. The van der Waals surface area contributed by atoms with E-state index in [0.717, 1.165) is 25.1 Å². The first kappa shape index (κ1) is 12.6. The predicted molar refractivity (Wildman–Crippen MR) is 69.6 cm³/mol. The Morgan fingerprint density at radius 1 is 1.35 bits per heavy atom. The lowest BCUT2D eigenvalue weighted by atomic mass is 9.97. The van der Waals surface area contributed by atoms with Gasteiger partial charge in [0, 0.05) is 6.54 Å². The van der Waals surface area contributed by atoms with Crippen LogP contribution < -0.4 is 5.32 Å². The van der Waals surface area contributed by atoms with Gasteiger partial charge in [-0.3, -0.25) is 0 Å². The molecule has 17 heavy (non-hydrogen) atoms. The molecule has 1 aliphatic heterocycles. The van der Waals surface area contributed by atoms with Crippen molar-refractivity contribution in [3.8, 4) is 0 Å². The Bertz CT molecular complexity index is 506. The predicted octanol–water partition coefficient (Wildman–Crippen LogP) is 1.66. The van der Waals surface area contributed by atoms with Crippen molar-refractivity contribution in [3.63, 3.8) is 0 Å². The molecule has 0 saturated carbocycles. The van der Waals surface area contributed by atoms with E-state index in [1.807, 2.05) is 12.1 Å². The van der Waals surface area contributed by atoms with Gasteiger partial charge >= 0.3 is 0 Å². The van der Waals surface area contributed by atoms with Gasteiger partial charge in [0.05, 0.1) is 11.0 Å². The van der Waals surface area contributed by atoms with E-state index in [-0.39, 0.29) is 11.0 Å². The molecule has 1 aromatic carbocycles. The molecule has 0 amide bonds. The van der Waals surface area contributed by atoms with Gasteiger partial charge in [-0.15, -0.1) is 0 Å². The molecule has 0 fully saturated rings. The summed E-state index contributed by atoms with van der Waals surface area (Å²) in [7, 11) is -3.01. The van der Waals surface area contributed by atoms with Crippen LogP contribution in [0.1, 0.15) is 30.5 Å². The molecular formula is C13H19NO2S. The van der Waals surface area contributed by atoms with Crippen molar-refractivity contribution in [2.45, 2.75) is 37.8 Å². The van der Waals surface area contributed by atoms with Crippen molar-refractivity contribution in [1.29, 1.82) is 0 Å². The summed E-state index contributed by atoms with van der Waals surface area (Å²) in [5.41, 5.74) is 3.44. The quantitative estimate of drug-likeness (QED) is 0.891. The highest BCUT2D eigenvalue weighted by atomic mass is 32.2. The van der Waals surface area contributed by atoms with E-state index in [4.69, 9.17) is 0 Å². The van der Waals surface area contributed by atoms with Gasteiger partial charge in [0.15, 0.2) is 9.84 Å². The molecule has 0 unspecified atom stereocenters. The minimum Gasteiger partial charge on any atom is -0.312 e. The van der Waals surface area contributed by atoms with Gasteiger partial charge in [-0.1, -0.05) is 18.2 Å². The van der Waals surface area contributed by atoms with Crippen LogP contribution in [0.5, 0.6) is 0 Å². The molecule has 2 rings (SSSR count). The summed E-state index contributed by atoms with van der Waals surface area (Å²) in [6.07, 6.45) is 0.991. The van der Waals surface area contributed by atoms with Crippen LogP contribution in [0.4, 0.5) is 0 Å². The van der Waals surface area contributed by atoms with Crippen LogP contribution in [0.25, 0.3) is 0 Å². The Hall–Kier alpha value is -0.870. The molecule has 1 heterocycles. The summed E-state index contributed by atoms with van der Waals surface area (Å²) in [6.45, 7) is 5.25. The molecule has 1 aromatic rings. The molecule has 0 bridgehead atoms. The fraction of sp³-hybridized carbons (Fsp3) is 0.538. The first-order chi connectivity index (χ1) is 8.00. The van der Waals surface area contributed by atoms with E-state index >= 15 is 0 Å². The number of fused-ring (bicyclic) bond motifs is 1. The van der Waals surface area contributed by atoms with Crippen molar-refractivity contribution in [1.82, 2.24) is 5.32 Å². The van der Waals surface area contributed by atoms with Crippen LogP contribution in [-0.4, -0.2) is 20.2 Å². The molecule has 0 aromatic heterocycles. The summed E-state index contributed by atoms with van der Waals surface area (Å²) in [6, 6.07) is 6.00. The molecule has 94 valence electrons. The van der Waals surface area contributed by atoms with Gasteiger partial charge in [0.2, 0.25) is 0 Å². The van der Waals surface area contributed by atoms with E-state index in [9.17, 15) is 8.42 Å². The minimum absolute atomic E-state index is 0.162. The average molecular weight is 253 g/mol. The minimum atomic E-state index is -3.01. The maximum atomic E-state index is 12.0. The van der Waals surface area contributed by atoms with Crippen LogP contribution in [-0.2, 0) is 28.6 Å². The maximum absolute atomic E-state index is 12.0. The normalized spacial score (nSPS) is 15.9. The average Bonchev–Trinajstić information content (AvgIpc) is 2.29. The Balaban J connectivity index is 2.34. The zero-order valence-corrected chi connectivity index (χ0v) is 11.2. The summed E-state index contributed by atoms with van der Waals surface area (Å²) in [5, 5.41) is 2.99. The molecule has 0 radical (unpaired) electrons. The van der Waals surface area contributed by atoms with Gasteiger partial charge in [0.25, 0.3) is 0 Å². The Kier molecular flexibility index (Phi) is 3.54. The fourth-order valence-electron chi connectivity index (χ4n) is 2.10. The summed E-state index contributed by atoms with van der Waals surface area (Å²) >= 11 is 0. The number of sulfone groups is 1. The van der Waals surface area contributed by atoms with Crippen LogP contribution in [0, 0.1) is 0 Å². The highest BCUT2D eigenvalue weighted by molar-refractivity contribution is 7.91. The Morgan fingerprint density at radius 3 is 2.82 bits per heavy atom. The van der Waals surface area contributed by atoms with E-state index in [0.29, 0.717) is 0 Å². The van der Waals surface area contributed by atoms with E-state index in [2.05, 4.69) is 11.4 Å².